The molecular formula is C20H27N5. The van der Waals surface area contributed by atoms with Crippen molar-refractivity contribution in [1.29, 1.82) is 0 Å². The molecule has 2 saturated heterocycles. The molecule has 0 bridgehead atoms. The van der Waals surface area contributed by atoms with Gasteiger partial charge in [-0.3, -0.25) is 0 Å². The number of hydrogen-bond donors (Lipinski definition) is 1. The SMILES string of the molecule is CC1CCN(c2nccc(Nc3ccc(N4CCCC4)cc3)n2)CC1. The molecule has 1 N–H and O–H groups in total. The summed E-state index contributed by atoms with van der Waals surface area (Å²) in [4.78, 5) is 13.9. The summed E-state index contributed by atoms with van der Waals surface area (Å²) in [6.07, 6.45) is 6.90. The second kappa shape index (κ2) is 7.30. The van der Waals surface area contributed by atoms with Gasteiger partial charge in [-0.15, -0.1) is 0 Å². The van der Waals surface area contributed by atoms with Gasteiger partial charge in [0, 0.05) is 43.8 Å². The van der Waals surface area contributed by atoms with Gasteiger partial charge < -0.3 is 15.1 Å². The maximum Gasteiger partial charge on any atom is 0.227 e. The third-order valence-electron chi connectivity index (χ3n) is 5.32. The minimum absolute atomic E-state index is 0.812. The van der Waals surface area contributed by atoms with Crippen molar-refractivity contribution in [3.05, 3.63) is 36.5 Å². The second-order valence-corrected chi connectivity index (χ2v) is 7.28. The summed E-state index contributed by atoms with van der Waals surface area (Å²) in [5, 5.41) is 3.41. The normalized spacial score (nSPS) is 18.6. The Balaban J connectivity index is 1.43. The molecule has 1 aromatic carbocycles. The highest BCUT2D eigenvalue weighted by Crippen LogP contribution is 2.25. The van der Waals surface area contributed by atoms with Crippen LogP contribution in [0.1, 0.15) is 32.6 Å². The van der Waals surface area contributed by atoms with Gasteiger partial charge in [-0.05, 0) is 61.9 Å². The second-order valence-electron chi connectivity index (χ2n) is 7.28. The quantitative estimate of drug-likeness (QED) is 0.911. The Bertz CT molecular complexity index is 685. The van der Waals surface area contributed by atoms with Crippen LogP contribution in [0, 0.1) is 5.92 Å². The molecule has 0 saturated carbocycles. The van der Waals surface area contributed by atoms with Crippen molar-refractivity contribution >= 4 is 23.1 Å². The third kappa shape index (κ3) is 3.86. The maximum absolute atomic E-state index is 4.71. The van der Waals surface area contributed by atoms with Crippen molar-refractivity contribution in [3.63, 3.8) is 0 Å². The molecule has 0 atom stereocenters. The van der Waals surface area contributed by atoms with Gasteiger partial charge in [0.25, 0.3) is 0 Å². The topological polar surface area (TPSA) is 44.3 Å². The van der Waals surface area contributed by atoms with E-state index in [9.17, 15) is 0 Å². The Morgan fingerprint density at radius 3 is 2.36 bits per heavy atom. The van der Waals surface area contributed by atoms with E-state index in [4.69, 9.17) is 4.98 Å². The van der Waals surface area contributed by atoms with Gasteiger partial charge >= 0.3 is 0 Å². The first-order chi connectivity index (χ1) is 12.3. The zero-order valence-electron chi connectivity index (χ0n) is 15.0. The average Bonchev–Trinajstić information content (AvgIpc) is 3.18. The van der Waals surface area contributed by atoms with E-state index in [0.29, 0.717) is 0 Å². The minimum atomic E-state index is 0.812. The standard InChI is InChI=1S/C20H27N5/c1-16-9-14-25(15-10-16)20-21-11-8-19(23-20)22-17-4-6-18(7-5-17)24-12-2-3-13-24/h4-8,11,16H,2-3,9-10,12-15H2,1H3,(H,21,22,23). The molecule has 2 aliphatic heterocycles. The molecular weight excluding hydrogens is 310 g/mol. The lowest BCUT2D eigenvalue weighted by Crippen LogP contribution is -2.34. The highest BCUT2D eigenvalue weighted by atomic mass is 15.3. The first kappa shape index (κ1) is 16.2. The number of anilines is 4. The molecule has 1 aromatic heterocycles. The Morgan fingerprint density at radius 2 is 1.64 bits per heavy atom. The Labute approximate surface area is 150 Å². The Morgan fingerprint density at radius 1 is 0.920 bits per heavy atom. The summed E-state index contributed by atoms with van der Waals surface area (Å²) in [6, 6.07) is 10.6. The number of hydrogen-bond acceptors (Lipinski definition) is 5. The van der Waals surface area contributed by atoms with Gasteiger partial charge in [-0.2, -0.15) is 4.98 Å². The van der Waals surface area contributed by atoms with Crippen LogP contribution in [0.3, 0.4) is 0 Å². The lowest BCUT2D eigenvalue weighted by atomic mass is 10.00. The van der Waals surface area contributed by atoms with Gasteiger partial charge in [0.2, 0.25) is 5.95 Å². The zero-order chi connectivity index (χ0) is 17.1. The van der Waals surface area contributed by atoms with Gasteiger partial charge in [0.05, 0.1) is 0 Å². The van der Waals surface area contributed by atoms with Gasteiger partial charge in [0.1, 0.15) is 5.82 Å². The number of benzene rings is 1. The van der Waals surface area contributed by atoms with E-state index in [0.717, 1.165) is 36.5 Å². The molecule has 5 nitrogen and oxygen atoms in total. The summed E-state index contributed by atoms with van der Waals surface area (Å²) in [5.74, 6) is 2.51. The van der Waals surface area contributed by atoms with Crippen LogP contribution < -0.4 is 15.1 Å². The summed E-state index contributed by atoms with van der Waals surface area (Å²) in [6.45, 7) is 6.78. The number of nitrogens with one attached hydrogen (secondary N) is 1. The van der Waals surface area contributed by atoms with Crippen molar-refractivity contribution < 1.29 is 0 Å². The van der Waals surface area contributed by atoms with Crippen molar-refractivity contribution in [2.75, 3.05) is 41.3 Å². The van der Waals surface area contributed by atoms with Crippen LogP contribution >= 0.6 is 0 Å². The van der Waals surface area contributed by atoms with Crippen LogP contribution in [0.15, 0.2) is 36.5 Å². The summed E-state index contributed by atoms with van der Waals surface area (Å²) in [5.41, 5.74) is 2.38. The molecule has 0 aliphatic carbocycles. The molecule has 3 heterocycles. The fraction of sp³-hybridized carbons (Fsp3) is 0.500. The number of aromatic nitrogens is 2. The third-order valence-corrected chi connectivity index (χ3v) is 5.32. The fourth-order valence-electron chi connectivity index (χ4n) is 3.66. The lowest BCUT2D eigenvalue weighted by molar-refractivity contribution is 0.434. The molecule has 25 heavy (non-hydrogen) atoms. The van der Waals surface area contributed by atoms with E-state index in [1.165, 1.54) is 44.5 Å². The number of piperidine rings is 1. The summed E-state index contributed by atoms with van der Waals surface area (Å²) < 4.78 is 0. The largest absolute Gasteiger partial charge is 0.372 e. The molecule has 132 valence electrons. The van der Waals surface area contributed by atoms with Gasteiger partial charge in [-0.25, -0.2) is 4.98 Å². The molecule has 0 unspecified atom stereocenters. The fourth-order valence-corrected chi connectivity index (χ4v) is 3.66. The van der Waals surface area contributed by atoms with E-state index in [1.807, 2.05) is 12.3 Å². The van der Waals surface area contributed by atoms with E-state index >= 15 is 0 Å². The van der Waals surface area contributed by atoms with Crippen LogP contribution in [0.5, 0.6) is 0 Å². The van der Waals surface area contributed by atoms with Gasteiger partial charge in [0.15, 0.2) is 0 Å². The van der Waals surface area contributed by atoms with Crippen molar-refractivity contribution in [3.8, 4) is 0 Å². The minimum Gasteiger partial charge on any atom is -0.372 e. The highest BCUT2D eigenvalue weighted by Gasteiger charge is 2.18. The van der Waals surface area contributed by atoms with E-state index in [-0.39, 0.29) is 0 Å². The van der Waals surface area contributed by atoms with Crippen LogP contribution in [0.25, 0.3) is 0 Å². The molecule has 0 radical (unpaired) electrons. The molecule has 4 rings (SSSR count). The van der Waals surface area contributed by atoms with E-state index in [1.54, 1.807) is 0 Å². The lowest BCUT2D eigenvalue weighted by Gasteiger charge is -2.30. The predicted octanol–water partition coefficient (Wildman–Crippen LogP) is 4.06. The molecule has 0 amide bonds. The van der Waals surface area contributed by atoms with Gasteiger partial charge in [-0.1, -0.05) is 6.92 Å². The Hall–Kier alpha value is -2.30. The van der Waals surface area contributed by atoms with Crippen molar-refractivity contribution in [2.45, 2.75) is 32.6 Å². The van der Waals surface area contributed by atoms with E-state index in [2.05, 4.69) is 51.3 Å². The first-order valence-corrected chi connectivity index (χ1v) is 9.48. The highest BCUT2D eigenvalue weighted by molar-refractivity contribution is 5.61. The number of rotatable bonds is 4. The van der Waals surface area contributed by atoms with E-state index < -0.39 is 0 Å². The molecule has 2 aromatic rings. The smallest absolute Gasteiger partial charge is 0.227 e. The number of nitrogens with zero attached hydrogens (tertiary/aromatic N) is 4. The summed E-state index contributed by atoms with van der Waals surface area (Å²) >= 11 is 0. The van der Waals surface area contributed by atoms with Crippen molar-refractivity contribution in [2.24, 2.45) is 5.92 Å². The predicted molar refractivity (Wildman–Crippen MR) is 104 cm³/mol. The maximum atomic E-state index is 4.71. The van der Waals surface area contributed by atoms with Crippen LogP contribution in [-0.2, 0) is 0 Å². The average molecular weight is 337 g/mol. The Kier molecular flexibility index (Phi) is 4.72. The van der Waals surface area contributed by atoms with Crippen LogP contribution in [-0.4, -0.2) is 36.1 Å². The van der Waals surface area contributed by atoms with Crippen LogP contribution in [0.4, 0.5) is 23.1 Å². The molecule has 5 heteroatoms. The molecule has 2 aliphatic rings. The monoisotopic (exact) mass is 337 g/mol. The summed E-state index contributed by atoms with van der Waals surface area (Å²) in [7, 11) is 0. The molecule has 0 spiro atoms. The van der Waals surface area contributed by atoms with Crippen LogP contribution in [0.2, 0.25) is 0 Å². The van der Waals surface area contributed by atoms with Crippen molar-refractivity contribution in [1.82, 2.24) is 9.97 Å². The first-order valence-electron chi connectivity index (χ1n) is 9.48. The zero-order valence-corrected chi connectivity index (χ0v) is 15.0. The molecule has 2 fully saturated rings.